The van der Waals surface area contributed by atoms with Crippen LogP contribution >= 0.6 is 11.3 Å². The molecule has 2 rings (SSSR count). The highest BCUT2D eigenvalue weighted by Crippen LogP contribution is 2.26. The summed E-state index contributed by atoms with van der Waals surface area (Å²) in [6.07, 6.45) is 0. The van der Waals surface area contributed by atoms with Crippen LogP contribution in [0.2, 0.25) is 0 Å². The molecule has 1 fully saturated rings. The topological polar surface area (TPSA) is 21.3 Å². The van der Waals surface area contributed by atoms with Gasteiger partial charge in [-0.1, -0.05) is 0 Å². The molecule has 2 heterocycles. The maximum atomic E-state index is 5.15. The summed E-state index contributed by atoms with van der Waals surface area (Å²) in [5.41, 5.74) is 1.44. The molecule has 0 radical (unpaired) electrons. The number of rotatable bonds is 3. The lowest BCUT2D eigenvalue weighted by Crippen LogP contribution is -2.46. The molecule has 78 valence electrons. The van der Waals surface area contributed by atoms with Crippen LogP contribution in [0.4, 0.5) is 0 Å². The minimum atomic E-state index is 0.453. The van der Waals surface area contributed by atoms with E-state index in [1.54, 1.807) is 0 Å². The minimum absolute atomic E-state index is 0.453. The molecule has 2 nitrogen and oxygen atoms in total. The zero-order valence-electron chi connectivity index (χ0n) is 8.96. The van der Waals surface area contributed by atoms with Gasteiger partial charge >= 0.3 is 0 Å². The Bertz CT molecular complexity index is 317. The lowest BCUT2D eigenvalue weighted by Gasteiger charge is -2.30. The van der Waals surface area contributed by atoms with Gasteiger partial charge in [-0.05, 0) is 32.4 Å². The third-order valence-corrected chi connectivity index (χ3v) is 3.65. The summed E-state index contributed by atoms with van der Waals surface area (Å²) in [6.45, 7) is 8.33. The van der Waals surface area contributed by atoms with Crippen LogP contribution in [-0.4, -0.2) is 19.3 Å². The van der Waals surface area contributed by atoms with Gasteiger partial charge in [0.05, 0.1) is 19.3 Å². The highest BCUT2D eigenvalue weighted by molar-refractivity contribution is 7.12. The predicted molar refractivity (Wildman–Crippen MR) is 60.0 cm³/mol. The fraction of sp³-hybridized carbons (Fsp3) is 0.636. The number of aryl methyl sites for hydroxylation is 2. The van der Waals surface area contributed by atoms with Gasteiger partial charge < -0.3 is 10.1 Å². The lowest BCUT2D eigenvalue weighted by molar-refractivity contribution is -0.00926. The Labute approximate surface area is 89.3 Å². The molecule has 0 bridgehead atoms. The molecule has 0 spiro atoms. The van der Waals surface area contributed by atoms with E-state index in [9.17, 15) is 0 Å². The molecule has 0 amide bonds. The third-order valence-electron chi connectivity index (χ3n) is 2.67. The normalized spacial score (nSPS) is 19.4. The van der Waals surface area contributed by atoms with E-state index in [4.69, 9.17) is 4.74 Å². The number of hydrogen-bond acceptors (Lipinski definition) is 3. The average Bonchev–Trinajstić information content (AvgIpc) is 2.37. The van der Waals surface area contributed by atoms with Gasteiger partial charge in [0, 0.05) is 15.8 Å². The molecule has 1 unspecified atom stereocenters. The molecule has 3 heteroatoms. The van der Waals surface area contributed by atoms with Crippen LogP contribution in [0.1, 0.15) is 28.3 Å². The molecule has 1 aliphatic heterocycles. The molecule has 0 aliphatic carbocycles. The molecule has 1 atom stereocenters. The first kappa shape index (κ1) is 10.1. The van der Waals surface area contributed by atoms with Crippen molar-refractivity contribution in [3.8, 4) is 0 Å². The molecular weight excluding hydrogens is 194 g/mol. The summed E-state index contributed by atoms with van der Waals surface area (Å²) in [4.78, 5) is 2.83. The van der Waals surface area contributed by atoms with Crippen LogP contribution in [0.5, 0.6) is 0 Å². The van der Waals surface area contributed by atoms with E-state index in [1.807, 2.05) is 11.3 Å². The number of hydrogen-bond donors (Lipinski definition) is 1. The summed E-state index contributed by atoms with van der Waals surface area (Å²) in [6, 6.07) is 3.30. The molecule has 1 aromatic heterocycles. The van der Waals surface area contributed by atoms with E-state index < -0.39 is 0 Å². The Hall–Kier alpha value is -0.380. The van der Waals surface area contributed by atoms with Crippen molar-refractivity contribution in [2.24, 2.45) is 0 Å². The first-order valence-electron chi connectivity index (χ1n) is 5.07. The molecule has 0 saturated carbocycles. The fourth-order valence-electron chi connectivity index (χ4n) is 1.86. The van der Waals surface area contributed by atoms with Gasteiger partial charge in [0.1, 0.15) is 0 Å². The van der Waals surface area contributed by atoms with E-state index >= 15 is 0 Å². The van der Waals surface area contributed by atoms with Crippen molar-refractivity contribution >= 4 is 11.3 Å². The van der Waals surface area contributed by atoms with Crippen molar-refractivity contribution in [1.82, 2.24) is 5.32 Å². The summed E-state index contributed by atoms with van der Waals surface area (Å²) < 4.78 is 5.15. The van der Waals surface area contributed by atoms with Crippen molar-refractivity contribution < 1.29 is 4.74 Å². The first-order chi connectivity index (χ1) is 6.66. The van der Waals surface area contributed by atoms with Crippen molar-refractivity contribution in [2.75, 3.05) is 13.2 Å². The van der Waals surface area contributed by atoms with Crippen LogP contribution in [-0.2, 0) is 4.74 Å². The van der Waals surface area contributed by atoms with Crippen LogP contribution in [0.25, 0.3) is 0 Å². The minimum Gasteiger partial charge on any atom is -0.378 e. The van der Waals surface area contributed by atoms with Crippen molar-refractivity contribution in [1.29, 1.82) is 0 Å². The van der Waals surface area contributed by atoms with Gasteiger partial charge in [0.2, 0.25) is 0 Å². The number of ether oxygens (including phenoxy) is 1. The van der Waals surface area contributed by atoms with E-state index in [1.165, 1.54) is 15.3 Å². The lowest BCUT2D eigenvalue weighted by atomic mass is 10.1. The van der Waals surface area contributed by atoms with Gasteiger partial charge in [-0.15, -0.1) is 11.3 Å². The Kier molecular flexibility index (Phi) is 2.91. The van der Waals surface area contributed by atoms with Gasteiger partial charge in [0.15, 0.2) is 0 Å². The van der Waals surface area contributed by atoms with Gasteiger partial charge in [-0.3, -0.25) is 0 Å². The second-order valence-electron chi connectivity index (χ2n) is 3.99. The molecule has 14 heavy (non-hydrogen) atoms. The summed E-state index contributed by atoms with van der Waals surface area (Å²) in [7, 11) is 0. The molecule has 1 N–H and O–H groups in total. The molecular formula is C11H17NOS. The van der Waals surface area contributed by atoms with E-state index in [-0.39, 0.29) is 0 Å². The Morgan fingerprint density at radius 3 is 2.64 bits per heavy atom. The van der Waals surface area contributed by atoms with E-state index in [0.29, 0.717) is 12.1 Å². The zero-order valence-corrected chi connectivity index (χ0v) is 9.78. The summed E-state index contributed by atoms with van der Waals surface area (Å²) in [5.74, 6) is 0. The van der Waals surface area contributed by atoms with Gasteiger partial charge in [-0.2, -0.15) is 0 Å². The zero-order chi connectivity index (χ0) is 10.1. The summed E-state index contributed by atoms with van der Waals surface area (Å²) >= 11 is 1.88. The van der Waals surface area contributed by atoms with Crippen LogP contribution in [0, 0.1) is 13.8 Å². The largest absolute Gasteiger partial charge is 0.378 e. The number of thiophene rings is 1. The average molecular weight is 211 g/mol. The van der Waals surface area contributed by atoms with E-state index in [0.717, 1.165) is 13.2 Å². The second-order valence-corrected chi connectivity index (χ2v) is 5.45. The maximum absolute atomic E-state index is 5.15. The molecule has 1 aliphatic rings. The predicted octanol–water partition coefficient (Wildman–Crippen LogP) is 2.41. The van der Waals surface area contributed by atoms with Gasteiger partial charge in [-0.25, -0.2) is 0 Å². The molecule has 1 aromatic rings. The fourth-order valence-corrected chi connectivity index (χ4v) is 2.88. The Morgan fingerprint density at radius 1 is 1.50 bits per heavy atom. The SMILES string of the molecule is Cc1cc(C(C)NC2COC2)c(C)s1. The second kappa shape index (κ2) is 4.01. The van der Waals surface area contributed by atoms with Crippen LogP contribution in [0.3, 0.4) is 0 Å². The van der Waals surface area contributed by atoms with Crippen molar-refractivity contribution in [2.45, 2.75) is 32.9 Å². The maximum Gasteiger partial charge on any atom is 0.0643 e. The molecule has 0 aromatic carbocycles. The third kappa shape index (κ3) is 2.00. The summed E-state index contributed by atoms with van der Waals surface area (Å²) in [5, 5.41) is 3.57. The smallest absolute Gasteiger partial charge is 0.0643 e. The van der Waals surface area contributed by atoms with Crippen molar-refractivity contribution in [3.63, 3.8) is 0 Å². The van der Waals surface area contributed by atoms with Crippen LogP contribution < -0.4 is 5.32 Å². The monoisotopic (exact) mass is 211 g/mol. The highest BCUT2D eigenvalue weighted by Gasteiger charge is 2.21. The Balaban J connectivity index is 2.02. The van der Waals surface area contributed by atoms with Crippen molar-refractivity contribution in [3.05, 3.63) is 21.4 Å². The molecule has 1 saturated heterocycles. The van der Waals surface area contributed by atoms with Crippen LogP contribution in [0.15, 0.2) is 6.07 Å². The van der Waals surface area contributed by atoms with E-state index in [2.05, 4.69) is 32.2 Å². The first-order valence-corrected chi connectivity index (χ1v) is 5.89. The Morgan fingerprint density at radius 2 is 2.21 bits per heavy atom. The quantitative estimate of drug-likeness (QED) is 0.829. The standard InChI is InChI=1S/C11H17NOS/c1-7-4-11(9(3)14-7)8(2)12-10-5-13-6-10/h4,8,10,12H,5-6H2,1-3H3. The van der Waals surface area contributed by atoms with Gasteiger partial charge in [0.25, 0.3) is 0 Å². The number of nitrogens with one attached hydrogen (secondary N) is 1. The highest BCUT2D eigenvalue weighted by atomic mass is 32.1.